The first kappa shape index (κ1) is 23.9. The third-order valence-electron chi connectivity index (χ3n) is 2.23. The molecule has 0 atom stereocenters. The predicted molar refractivity (Wildman–Crippen MR) is 86.3 cm³/mol. The van der Waals surface area contributed by atoms with Crippen molar-refractivity contribution in [2.45, 2.75) is 13.8 Å². The molecule has 2 aromatic rings. The molecule has 0 aliphatic carbocycles. The normalized spacial score (nSPS) is 7.68. The second-order valence-electron chi connectivity index (χ2n) is 3.57. The number of hydrogen-bond acceptors (Lipinski definition) is 2. The number of halogens is 2. The summed E-state index contributed by atoms with van der Waals surface area (Å²) in [4.78, 5) is 0. The van der Waals surface area contributed by atoms with E-state index < -0.39 is 0 Å². The number of aromatic hydroxyl groups is 2. The van der Waals surface area contributed by atoms with Crippen molar-refractivity contribution in [2.75, 3.05) is 0 Å². The van der Waals surface area contributed by atoms with Crippen molar-refractivity contribution < 1.29 is 36.1 Å². The van der Waals surface area contributed by atoms with Gasteiger partial charge in [0.2, 0.25) is 0 Å². The zero-order valence-corrected chi connectivity index (χ0v) is 17.8. The summed E-state index contributed by atoms with van der Waals surface area (Å²) < 4.78 is 0. The van der Waals surface area contributed by atoms with E-state index in [9.17, 15) is 0 Å². The Hall–Kier alpha value is -0.130. The predicted octanol–water partition coefficient (Wildman–Crippen LogP) is 4.55. The van der Waals surface area contributed by atoms with E-state index in [0.717, 1.165) is 11.1 Å². The third-order valence-corrected chi connectivity index (χ3v) is 2.23. The molecule has 0 saturated carbocycles. The van der Waals surface area contributed by atoms with Gasteiger partial charge in [-0.3, -0.25) is 0 Å². The van der Waals surface area contributed by atoms with E-state index in [1.807, 2.05) is 50.2 Å². The van der Waals surface area contributed by atoms with Gasteiger partial charge in [0.15, 0.2) is 0 Å². The third kappa shape index (κ3) is 9.41. The first-order valence-electron chi connectivity index (χ1n) is 5.10. The standard InChI is InChI=1S/2C7H8O.2BrH.Hf/c2*1-6-4-2-3-5-7(6)8;;;/h2*2-5,8H,1H3;2*1H;. The molecule has 0 unspecified atom stereocenters. The SMILES string of the molecule is Br.Br.Cc1ccccc1O.Cc1ccccc1O.[Hf]. The van der Waals surface area contributed by atoms with Gasteiger partial charge < -0.3 is 10.2 Å². The first-order chi connectivity index (χ1) is 7.61. The first-order valence-corrected chi connectivity index (χ1v) is 5.10. The van der Waals surface area contributed by atoms with Crippen LogP contribution < -0.4 is 0 Å². The molecule has 0 saturated heterocycles. The quantitative estimate of drug-likeness (QED) is 0.468. The molecule has 2 aromatic carbocycles. The van der Waals surface area contributed by atoms with Crippen molar-refractivity contribution in [1.82, 2.24) is 0 Å². The van der Waals surface area contributed by atoms with E-state index in [0.29, 0.717) is 11.5 Å². The zero-order valence-electron chi connectivity index (χ0n) is 10.8. The molecule has 0 aliphatic rings. The maximum atomic E-state index is 8.92. The Kier molecular flexibility index (Phi) is 16.2. The molecule has 5 heteroatoms. The van der Waals surface area contributed by atoms with Crippen molar-refractivity contribution in [1.29, 1.82) is 0 Å². The van der Waals surface area contributed by atoms with Crippen LogP contribution in [0.25, 0.3) is 0 Å². The molecule has 0 amide bonds. The van der Waals surface area contributed by atoms with Crippen molar-refractivity contribution in [2.24, 2.45) is 0 Å². The molecule has 0 aromatic heterocycles. The van der Waals surface area contributed by atoms with Crippen LogP contribution in [0.4, 0.5) is 0 Å². The maximum absolute atomic E-state index is 8.92. The molecule has 0 bridgehead atoms. The summed E-state index contributed by atoms with van der Waals surface area (Å²) in [6, 6.07) is 14.5. The van der Waals surface area contributed by atoms with Crippen LogP contribution in [0.15, 0.2) is 48.5 Å². The Balaban J connectivity index is -0.000000233. The molecule has 0 spiro atoms. The number of para-hydroxylation sites is 2. The maximum Gasteiger partial charge on any atom is 0.118 e. The molecule has 2 nitrogen and oxygen atoms in total. The number of hydrogen-bond donors (Lipinski definition) is 2. The van der Waals surface area contributed by atoms with Gasteiger partial charge in [0, 0.05) is 25.8 Å². The Bertz CT molecular complexity index is 379. The minimum absolute atomic E-state index is 0. The van der Waals surface area contributed by atoms with Gasteiger partial charge in [-0.25, -0.2) is 0 Å². The zero-order chi connectivity index (χ0) is 12.0. The van der Waals surface area contributed by atoms with E-state index in [1.165, 1.54) is 0 Å². The topological polar surface area (TPSA) is 40.5 Å². The fourth-order valence-corrected chi connectivity index (χ4v) is 1.13. The van der Waals surface area contributed by atoms with Gasteiger partial charge >= 0.3 is 0 Å². The Labute approximate surface area is 154 Å². The number of rotatable bonds is 0. The van der Waals surface area contributed by atoms with Crippen LogP contribution in [-0.4, -0.2) is 10.2 Å². The summed E-state index contributed by atoms with van der Waals surface area (Å²) in [5, 5.41) is 17.8. The monoisotopic (exact) mass is 556 g/mol. The Morgan fingerprint density at radius 1 is 0.632 bits per heavy atom. The average molecular weight is 557 g/mol. The fraction of sp³-hybridized carbons (Fsp3) is 0.143. The van der Waals surface area contributed by atoms with E-state index in [2.05, 4.69) is 0 Å². The second-order valence-corrected chi connectivity index (χ2v) is 3.57. The molecule has 104 valence electrons. The van der Waals surface area contributed by atoms with Crippen LogP contribution >= 0.6 is 34.0 Å². The van der Waals surface area contributed by atoms with Crippen LogP contribution in [0, 0.1) is 13.8 Å². The number of phenolic OH excluding ortho intramolecular Hbond substituents is 2. The van der Waals surface area contributed by atoms with Gasteiger partial charge in [-0.05, 0) is 37.1 Å². The van der Waals surface area contributed by atoms with Gasteiger partial charge in [0.1, 0.15) is 11.5 Å². The van der Waals surface area contributed by atoms with Crippen molar-refractivity contribution in [3.8, 4) is 11.5 Å². The fourth-order valence-electron chi connectivity index (χ4n) is 1.13. The summed E-state index contributed by atoms with van der Waals surface area (Å²) in [5.74, 6) is 0.736. The number of aryl methyl sites for hydroxylation is 2. The van der Waals surface area contributed by atoms with Gasteiger partial charge in [0.05, 0.1) is 0 Å². The van der Waals surface area contributed by atoms with Gasteiger partial charge in [-0.2, -0.15) is 0 Å². The van der Waals surface area contributed by atoms with E-state index in [1.54, 1.807) is 12.1 Å². The molecule has 0 radical (unpaired) electrons. The van der Waals surface area contributed by atoms with E-state index in [-0.39, 0.29) is 59.8 Å². The summed E-state index contributed by atoms with van der Waals surface area (Å²) in [6.07, 6.45) is 0. The Morgan fingerprint density at radius 2 is 0.895 bits per heavy atom. The van der Waals surface area contributed by atoms with Gasteiger partial charge in [-0.15, -0.1) is 34.0 Å². The Morgan fingerprint density at radius 3 is 1.05 bits per heavy atom. The molecule has 19 heavy (non-hydrogen) atoms. The van der Waals surface area contributed by atoms with Crippen LogP contribution in [-0.2, 0) is 25.8 Å². The van der Waals surface area contributed by atoms with Crippen molar-refractivity contribution >= 4 is 34.0 Å². The number of benzene rings is 2. The molecule has 2 rings (SSSR count). The summed E-state index contributed by atoms with van der Waals surface area (Å²) in [6.45, 7) is 3.74. The van der Waals surface area contributed by atoms with Gasteiger partial charge in [0.25, 0.3) is 0 Å². The largest absolute Gasteiger partial charge is 0.508 e. The van der Waals surface area contributed by atoms with Crippen molar-refractivity contribution in [3.05, 3.63) is 59.7 Å². The van der Waals surface area contributed by atoms with Crippen LogP contribution in [0.1, 0.15) is 11.1 Å². The molecular weight excluding hydrogens is 538 g/mol. The summed E-state index contributed by atoms with van der Waals surface area (Å²) >= 11 is 0. The molecule has 2 N–H and O–H groups in total. The van der Waals surface area contributed by atoms with E-state index in [4.69, 9.17) is 10.2 Å². The smallest absolute Gasteiger partial charge is 0.118 e. The van der Waals surface area contributed by atoms with Crippen molar-refractivity contribution in [3.63, 3.8) is 0 Å². The van der Waals surface area contributed by atoms with E-state index >= 15 is 0 Å². The minimum Gasteiger partial charge on any atom is -0.508 e. The molecule has 0 aliphatic heterocycles. The molecule has 0 fully saturated rings. The van der Waals surface area contributed by atoms with Crippen LogP contribution in [0.2, 0.25) is 0 Å². The van der Waals surface area contributed by atoms with Gasteiger partial charge in [-0.1, -0.05) is 36.4 Å². The summed E-state index contributed by atoms with van der Waals surface area (Å²) in [5.41, 5.74) is 1.85. The van der Waals surface area contributed by atoms with Crippen LogP contribution in [0.5, 0.6) is 11.5 Å². The summed E-state index contributed by atoms with van der Waals surface area (Å²) in [7, 11) is 0. The van der Waals surface area contributed by atoms with Crippen LogP contribution in [0.3, 0.4) is 0 Å². The molecular formula is C14H18Br2HfO2. The average Bonchev–Trinajstić information content (AvgIpc) is 2.28. The molecule has 0 heterocycles. The number of phenols is 2. The second kappa shape index (κ2) is 12.9. The minimum atomic E-state index is 0.